The molecular weight excluding hydrogens is 879 g/mol. The average Bonchev–Trinajstić information content (AvgIpc) is 3.28. The van der Waals surface area contributed by atoms with Crippen molar-refractivity contribution in [2.45, 2.75) is 123 Å². The summed E-state index contributed by atoms with van der Waals surface area (Å²) in [6.07, 6.45) is 3.05. The lowest BCUT2D eigenvalue weighted by Crippen LogP contribution is -2.46. The van der Waals surface area contributed by atoms with Crippen molar-refractivity contribution in [3.8, 4) is 40.1 Å². The number of nitrogens with zero attached hydrogens (tertiary/aromatic N) is 4. The molecule has 4 bridgehead atoms. The molecule has 2 heterocycles. The Morgan fingerprint density at radius 3 is 2.24 bits per heavy atom. The lowest BCUT2D eigenvalue weighted by molar-refractivity contribution is -0.142. The topological polar surface area (TPSA) is 232 Å². The second kappa shape index (κ2) is 24.9. The Balaban J connectivity index is 0.0000101. The van der Waals surface area contributed by atoms with Crippen LogP contribution in [-0.4, -0.2) is 81.9 Å². The van der Waals surface area contributed by atoms with E-state index in [0.717, 1.165) is 36.8 Å². The molecule has 4 atom stereocenters. The lowest BCUT2D eigenvalue weighted by atomic mass is 9.86. The molecule has 1 aliphatic heterocycles. The largest absolute Gasteiger partial charge is 0.507 e. The molecule has 0 spiro atoms. The molecule has 15 heteroatoms. The van der Waals surface area contributed by atoms with E-state index in [1.807, 2.05) is 30.3 Å². The number of phenolic OH excluding ortho intramolecular Hbond substituents is 1. The monoisotopic (exact) mass is 947 g/mol. The van der Waals surface area contributed by atoms with E-state index in [-0.39, 0.29) is 81.3 Å². The molecule has 0 saturated carbocycles. The van der Waals surface area contributed by atoms with Gasteiger partial charge in [-0.3, -0.25) is 24.0 Å². The molecule has 4 aromatic rings. The van der Waals surface area contributed by atoms with Gasteiger partial charge in [-0.15, -0.1) is 0 Å². The smallest absolute Gasteiger partial charge is 0.226 e. The highest BCUT2D eigenvalue weighted by Gasteiger charge is 2.36. The highest BCUT2D eigenvalue weighted by molar-refractivity contribution is 7.59. The van der Waals surface area contributed by atoms with Gasteiger partial charge in [0.1, 0.15) is 17.5 Å². The van der Waals surface area contributed by atoms with Crippen LogP contribution >= 0.6 is 13.5 Å². The van der Waals surface area contributed by atoms with Gasteiger partial charge in [-0.2, -0.15) is 18.8 Å². The van der Waals surface area contributed by atoms with Gasteiger partial charge in [-0.1, -0.05) is 76.9 Å². The van der Waals surface area contributed by atoms with Crippen LogP contribution in [-0.2, 0) is 31.0 Å². The number of likely N-dealkylation sites (N-methyl/N-ethyl adjacent to an activating group) is 1. The molecule has 0 unspecified atom stereocenters. The second-order valence-electron chi connectivity index (χ2n) is 18.8. The third kappa shape index (κ3) is 13.8. The second-order valence-corrected chi connectivity index (χ2v) is 18.8. The van der Waals surface area contributed by atoms with Crippen LogP contribution in [0.25, 0.3) is 22.5 Å². The van der Waals surface area contributed by atoms with Crippen LogP contribution in [0.3, 0.4) is 0 Å². The predicted molar refractivity (Wildman–Crippen MR) is 268 cm³/mol. The predicted octanol–water partition coefficient (Wildman–Crippen LogP) is 7.69. The minimum atomic E-state index is -1.25. The van der Waals surface area contributed by atoms with Crippen molar-refractivity contribution in [3.05, 3.63) is 94.3 Å². The number of rotatable bonds is 18. The van der Waals surface area contributed by atoms with Crippen LogP contribution in [0.15, 0.2) is 60.7 Å². The molecule has 6 N–H and O–H groups in total. The van der Waals surface area contributed by atoms with E-state index >= 15 is 0 Å². The first-order valence-electron chi connectivity index (χ1n) is 23.4. The van der Waals surface area contributed by atoms with Crippen molar-refractivity contribution < 1.29 is 33.8 Å². The van der Waals surface area contributed by atoms with Crippen LogP contribution in [0.5, 0.6) is 11.5 Å². The number of phenols is 1. The maximum Gasteiger partial charge on any atom is 0.226 e. The number of nitrogens with one attached hydrogen (secondary N) is 1. The number of carbonyl (C=O) groups excluding carboxylic acids is 5. The molecule has 14 nitrogen and oxygen atoms in total. The maximum atomic E-state index is 14.8. The third-order valence-corrected chi connectivity index (χ3v) is 12.5. The van der Waals surface area contributed by atoms with E-state index in [2.05, 4.69) is 26.1 Å². The average molecular weight is 948 g/mol. The standard InChI is InChI=1S/C53H67N7O7.H2S/c1-32-27-46(64)49(60(7)52(66)38(22-25-56)31-45(63)48-33(2)57-50(58-34(48)3)36-15-18-39(19-16-36)53(4,5)6)37-17-21-47(67-26-11-9-8-10-23-54)41(30-37)40-28-35(14-20-43(40)61)29-42(59-51(32)65)44(62)13-12-24-55;/h14-21,28,30,32,38,42,49,61H,8-13,22-23,25-27,29,31,54,56H2,1-7H3,(H,59,65);1H2/t32-,38-,42+,49+;/m1./s1. The summed E-state index contributed by atoms with van der Waals surface area (Å²) >= 11 is 0. The number of aromatic nitrogens is 2. The zero-order valence-electron chi connectivity index (χ0n) is 40.6. The summed E-state index contributed by atoms with van der Waals surface area (Å²) < 4.78 is 6.34. The van der Waals surface area contributed by atoms with E-state index in [9.17, 15) is 34.3 Å². The summed E-state index contributed by atoms with van der Waals surface area (Å²) in [6, 6.07) is 17.7. The molecule has 2 amide bonds. The van der Waals surface area contributed by atoms with Crippen LogP contribution in [0.4, 0.5) is 0 Å². The Labute approximate surface area is 408 Å². The van der Waals surface area contributed by atoms with E-state index in [0.29, 0.717) is 63.9 Å². The van der Waals surface area contributed by atoms with Gasteiger partial charge in [-0.25, -0.2) is 9.97 Å². The van der Waals surface area contributed by atoms with Gasteiger partial charge in [0.15, 0.2) is 23.2 Å². The first-order chi connectivity index (χ1) is 31.9. The van der Waals surface area contributed by atoms with Crippen molar-refractivity contribution >= 4 is 42.7 Å². The number of unbranched alkanes of at least 4 members (excludes halogenated alkanes) is 3. The summed E-state index contributed by atoms with van der Waals surface area (Å²) in [7, 11) is 1.50. The SMILES string of the molecule is Cc1nc(-c2ccc(C(C)(C)C)cc2)nc(C)c1C(=O)C[C@@H](CCN)C(=O)N(C)[C@@H]1C(=O)C[C@@H](C)C(=O)N[C@H](C(=O)CCC#N)Cc2ccc(O)c(c2)-c2cc1ccc2OCCCCCCN.S. The van der Waals surface area contributed by atoms with Gasteiger partial charge >= 0.3 is 0 Å². The van der Waals surface area contributed by atoms with Crippen molar-refractivity contribution in [1.82, 2.24) is 20.2 Å². The number of fused-ring (bicyclic) bond motifs is 5. The van der Waals surface area contributed by atoms with Crippen molar-refractivity contribution in [1.29, 1.82) is 5.26 Å². The number of hydrogen-bond acceptors (Lipinski definition) is 12. The molecule has 0 aliphatic carbocycles. The number of aryl methyl sites for hydroxylation is 2. The minimum absolute atomic E-state index is 0. The number of ether oxygens (including phenoxy) is 1. The quantitative estimate of drug-likeness (QED) is 0.0556. The van der Waals surface area contributed by atoms with Gasteiger partial charge < -0.3 is 31.5 Å². The number of aromatic hydroxyl groups is 1. The molecule has 0 fully saturated rings. The number of hydrogen-bond donors (Lipinski definition) is 4. The maximum absolute atomic E-state index is 14.8. The normalized spacial score (nSPS) is 16.6. The Morgan fingerprint density at radius 2 is 1.60 bits per heavy atom. The Kier molecular flexibility index (Phi) is 20.0. The number of nitrogens with two attached hydrogens (primary N) is 2. The zero-order valence-corrected chi connectivity index (χ0v) is 41.6. The van der Waals surface area contributed by atoms with Crippen LogP contribution in [0.1, 0.15) is 130 Å². The summed E-state index contributed by atoms with van der Waals surface area (Å²) in [4.78, 5) is 81.7. The summed E-state index contributed by atoms with van der Waals surface area (Å²) in [5, 5.41) is 23.5. The Bertz CT molecular complexity index is 2460. The van der Waals surface area contributed by atoms with Crippen molar-refractivity contribution in [3.63, 3.8) is 0 Å². The van der Waals surface area contributed by atoms with Gasteiger partial charge in [0.2, 0.25) is 11.8 Å². The minimum Gasteiger partial charge on any atom is -0.507 e. The first-order valence-corrected chi connectivity index (χ1v) is 23.4. The number of Topliss-reactive ketones (excluding diaryl/α,β-unsaturated/α-hetero) is 3. The fourth-order valence-electron chi connectivity index (χ4n) is 8.67. The van der Waals surface area contributed by atoms with Gasteiger partial charge in [0.05, 0.1) is 35.7 Å². The van der Waals surface area contributed by atoms with Gasteiger partial charge in [0.25, 0.3) is 0 Å². The molecule has 68 heavy (non-hydrogen) atoms. The first kappa shape index (κ1) is 54.7. The van der Waals surface area contributed by atoms with Gasteiger partial charge in [0, 0.05) is 61.3 Å². The van der Waals surface area contributed by atoms with E-state index < -0.39 is 41.5 Å². The van der Waals surface area contributed by atoms with Crippen LogP contribution in [0.2, 0.25) is 0 Å². The molecule has 1 aliphatic rings. The van der Waals surface area contributed by atoms with Crippen LogP contribution in [0, 0.1) is 37.0 Å². The number of ketones is 3. The number of carbonyl (C=O) groups is 5. The molecule has 0 radical (unpaired) electrons. The number of amides is 2. The van der Waals surface area contributed by atoms with Crippen LogP contribution < -0.4 is 21.5 Å². The van der Waals surface area contributed by atoms with Gasteiger partial charge in [-0.05, 0) is 99.0 Å². The van der Waals surface area contributed by atoms with Crippen molar-refractivity contribution in [2.24, 2.45) is 23.3 Å². The molecule has 5 rings (SSSR count). The Morgan fingerprint density at radius 1 is 0.926 bits per heavy atom. The highest BCUT2D eigenvalue weighted by Crippen LogP contribution is 2.40. The Hall–Kier alpha value is -5.95. The van der Waals surface area contributed by atoms with E-state index in [4.69, 9.17) is 26.2 Å². The summed E-state index contributed by atoms with van der Waals surface area (Å²) in [6.45, 7) is 12.5. The lowest BCUT2D eigenvalue weighted by Gasteiger charge is -2.32. The molecule has 3 aromatic carbocycles. The van der Waals surface area contributed by atoms with E-state index in [1.165, 1.54) is 18.0 Å². The fraction of sp³-hybridized carbons (Fsp3) is 0.472. The number of benzene rings is 3. The summed E-state index contributed by atoms with van der Waals surface area (Å²) in [5.41, 5.74) is 16.8. The third-order valence-electron chi connectivity index (χ3n) is 12.5. The van der Waals surface area contributed by atoms with E-state index in [1.54, 1.807) is 51.1 Å². The molecule has 364 valence electrons. The molecule has 0 saturated heterocycles. The van der Waals surface area contributed by atoms with Crippen molar-refractivity contribution in [2.75, 3.05) is 26.7 Å². The highest BCUT2D eigenvalue weighted by atomic mass is 32.1. The summed E-state index contributed by atoms with van der Waals surface area (Å²) in [5.74, 6) is -3.25. The number of nitriles is 1. The molecular formula is C53H69N7O7S. The fourth-order valence-corrected chi connectivity index (χ4v) is 8.67. The zero-order chi connectivity index (χ0) is 49.0. The molecule has 1 aromatic heterocycles.